The van der Waals surface area contributed by atoms with Crippen LogP contribution in [0.5, 0.6) is 0 Å². The highest BCUT2D eigenvalue weighted by Gasteiger charge is 2.21. The van der Waals surface area contributed by atoms with E-state index >= 15 is 0 Å². The van der Waals surface area contributed by atoms with E-state index in [0.29, 0.717) is 0 Å². The third-order valence-corrected chi connectivity index (χ3v) is 7.75. The smallest absolute Gasteiger partial charge is 0.143 e. The second-order valence-electron chi connectivity index (χ2n) is 9.91. The molecule has 0 spiro atoms. The second kappa shape index (κ2) is 9.45. The first-order valence-electron chi connectivity index (χ1n) is 13.5. The molecule has 1 heterocycles. The summed E-state index contributed by atoms with van der Waals surface area (Å²) < 4.78 is 6.62. The summed E-state index contributed by atoms with van der Waals surface area (Å²) in [6.07, 6.45) is 6.37. The number of hydrogen-bond donors (Lipinski definition) is 0. The van der Waals surface area contributed by atoms with Gasteiger partial charge in [0.15, 0.2) is 0 Å². The number of allylic oxidation sites excluding steroid dienone is 4. The molecule has 39 heavy (non-hydrogen) atoms. The van der Waals surface area contributed by atoms with E-state index < -0.39 is 0 Å². The molecule has 6 aromatic carbocycles. The molecule has 7 rings (SSSR count). The molecule has 7 aromatic rings. The summed E-state index contributed by atoms with van der Waals surface area (Å²) in [5.74, 6) is 0. The average molecular weight is 501 g/mol. The summed E-state index contributed by atoms with van der Waals surface area (Å²) in [6.45, 7) is 4.13. The highest BCUT2D eigenvalue weighted by atomic mass is 16.3. The van der Waals surface area contributed by atoms with E-state index in [4.69, 9.17) is 4.42 Å². The van der Waals surface area contributed by atoms with Gasteiger partial charge in [0.05, 0.1) is 0 Å². The quantitative estimate of drug-likeness (QED) is 0.173. The van der Waals surface area contributed by atoms with Crippen molar-refractivity contribution in [2.45, 2.75) is 13.8 Å². The zero-order valence-electron chi connectivity index (χ0n) is 22.1. The van der Waals surface area contributed by atoms with Crippen LogP contribution in [0.15, 0.2) is 138 Å². The van der Waals surface area contributed by atoms with Crippen LogP contribution in [0.3, 0.4) is 0 Å². The predicted molar refractivity (Wildman–Crippen MR) is 168 cm³/mol. The maximum absolute atomic E-state index is 6.62. The van der Waals surface area contributed by atoms with E-state index in [1.54, 1.807) is 0 Å². The molecule has 0 aliphatic heterocycles. The molecule has 1 nitrogen and oxygen atoms in total. The fraction of sp³-hybridized carbons (Fsp3) is 0.0526. The Morgan fingerprint density at radius 3 is 1.79 bits per heavy atom. The Bertz CT molecular complexity index is 2010. The average Bonchev–Trinajstić information content (AvgIpc) is 3.38. The lowest BCUT2D eigenvalue weighted by Gasteiger charge is -2.18. The summed E-state index contributed by atoms with van der Waals surface area (Å²) in [7, 11) is 0. The Morgan fingerprint density at radius 2 is 1.15 bits per heavy atom. The molecule has 0 aliphatic carbocycles. The summed E-state index contributed by atoms with van der Waals surface area (Å²) in [6, 6.07) is 41.3. The van der Waals surface area contributed by atoms with Crippen molar-refractivity contribution in [3.8, 4) is 22.3 Å². The largest absolute Gasteiger partial charge is 0.455 e. The molecule has 1 aromatic heterocycles. The monoisotopic (exact) mass is 500 g/mol. The first kappa shape index (κ1) is 23.3. The second-order valence-corrected chi connectivity index (χ2v) is 9.91. The van der Waals surface area contributed by atoms with E-state index in [1.165, 1.54) is 43.8 Å². The Balaban J connectivity index is 1.64. The molecule has 0 amide bonds. The molecule has 0 saturated carbocycles. The van der Waals surface area contributed by atoms with Crippen molar-refractivity contribution in [3.63, 3.8) is 0 Å². The van der Waals surface area contributed by atoms with Gasteiger partial charge in [0.2, 0.25) is 0 Å². The molecule has 1 heteroatoms. The third kappa shape index (κ3) is 3.62. The fourth-order valence-corrected chi connectivity index (χ4v) is 6.14. The Hall–Kier alpha value is -4.88. The van der Waals surface area contributed by atoms with E-state index in [9.17, 15) is 0 Å². The van der Waals surface area contributed by atoms with Gasteiger partial charge in [-0.3, -0.25) is 0 Å². The lowest BCUT2D eigenvalue weighted by molar-refractivity contribution is 0.668. The van der Waals surface area contributed by atoms with Crippen LogP contribution in [0.2, 0.25) is 0 Å². The number of rotatable bonds is 4. The van der Waals surface area contributed by atoms with Crippen LogP contribution in [0.4, 0.5) is 0 Å². The van der Waals surface area contributed by atoms with Crippen LogP contribution in [0, 0.1) is 0 Å². The zero-order valence-corrected chi connectivity index (χ0v) is 22.1. The zero-order chi connectivity index (χ0) is 26.3. The van der Waals surface area contributed by atoms with Crippen molar-refractivity contribution in [1.82, 2.24) is 0 Å². The number of hydrogen-bond acceptors (Lipinski definition) is 1. The van der Waals surface area contributed by atoms with Crippen LogP contribution in [0.1, 0.15) is 19.4 Å². The maximum atomic E-state index is 6.62. The minimum absolute atomic E-state index is 0.908. The molecule has 0 saturated heterocycles. The standard InChI is InChI=1S/C38H28O/c1-3-14-25(4-2)27-21-12-23-33-37-32(22-13-24-34(37)39-38(27)33)36-30-19-10-8-17-28(30)35(26-15-6-5-7-16-26)29-18-9-11-20-31(29)36/h3-24H,1-2H3/b14-3-,25-4+. The first-order valence-corrected chi connectivity index (χ1v) is 13.5. The van der Waals surface area contributed by atoms with Gasteiger partial charge in [-0.2, -0.15) is 0 Å². The van der Waals surface area contributed by atoms with Crippen molar-refractivity contribution in [2.24, 2.45) is 0 Å². The highest BCUT2D eigenvalue weighted by molar-refractivity contribution is 6.26. The van der Waals surface area contributed by atoms with Gasteiger partial charge in [-0.15, -0.1) is 0 Å². The normalized spacial score (nSPS) is 12.4. The van der Waals surface area contributed by atoms with Gasteiger partial charge >= 0.3 is 0 Å². The number of furan rings is 1. The third-order valence-electron chi connectivity index (χ3n) is 7.75. The molecule has 0 radical (unpaired) electrons. The minimum atomic E-state index is 0.908. The topological polar surface area (TPSA) is 13.1 Å². The van der Waals surface area contributed by atoms with Gasteiger partial charge in [-0.05, 0) is 69.3 Å². The van der Waals surface area contributed by atoms with E-state index in [2.05, 4.69) is 147 Å². The predicted octanol–water partition coefficient (Wildman–Crippen LogP) is 11.2. The van der Waals surface area contributed by atoms with Crippen LogP contribution in [-0.2, 0) is 0 Å². The van der Waals surface area contributed by atoms with Crippen molar-refractivity contribution < 1.29 is 4.42 Å². The van der Waals surface area contributed by atoms with Crippen molar-refractivity contribution in [2.75, 3.05) is 0 Å². The fourth-order valence-electron chi connectivity index (χ4n) is 6.14. The van der Waals surface area contributed by atoms with Crippen LogP contribution in [0.25, 0.3) is 71.3 Å². The maximum Gasteiger partial charge on any atom is 0.143 e. The molecule has 0 unspecified atom stereocenters. The number of fused-ring (bicyclic) bond motifs is 5. The summed E-state index contributed by atoms with van der Waals surface area (Å²) in [4.78, 5) is 0. The summed E-state index contributed by atoms with van der Waals surface area (Å²) in [5.41, 5.74) is 9.07. The lowest BCUT2D eigenvalue weighted by Crippen LogP contribution is -1.91. The molecule has 0 N–H and O–H groups in total. The SMILES string of the molecule is C/C=C\C(=C/C)c1cccc2c1oc1cccc(-c3c4ccccc4c(-c4ccccc4)c4ccccc34)c12. The Labute approximate surface area is 228 Å². The summed E-state index contributed by atoms with van der Waals surface area (Å²) in [5, 5.41) is 7.31. The van der Waals surface area contributed by atoms with Gasteiger partial charge in [0, 0.05) is 16.3 Å². The summed E-state index contributed by atoms with van der Waals surface area (Å²) >= 11 is 0. The number of para-hydroxylation sites is 1. The minimum Gasteiger partial charge on any atom is -0.455 e. The van der Waals surface area contributed by atoms with Crippen LogP contribution < -0.4 is 0 Å². The van der Waals surface area contributed by atoms with E-state index in [0.717, 1.165) is 33.1 Å². The first-order chi connectivity index (χ1) is 19.3. The lowest BCUT2D eigenvalue weighted by atomic mass is 9.85. The molecule has 0 bridgehead atoms. The Morgan fingerprint density at radius 1 is 0.564 bits per heavy atom. The molecule has 186 valence electrons. The highest BCUT2D eigenvalue weighted by Crippen LogP contribution is 2.47. The van der Waals surface area contributed by atoms with E-state index in [-0.39, 0.29) is 0 Å². The molecule has 0 fully saturated rings. The van der Waals surface area contributed by atoms with Gasteiger partial charge < -0.3 is 4.42 Å². The number of benzene rings is 6. The van der Waals surface area contributed by atoms with Crippen LogP contribution in [-0.4, -0.2) is 0 Å². The van der Waals surface area contributed by atoms with Gasteiger partial charge in [0.25, 0.3) is 0 Å². The Kier molecular flexibility index (Phi) is 5.64. The van der Waals surface area contributed by atoms with Gasteiger partial charge in [-0.1, -0.05) is 127 Å². The van der Waals surface area contributed by atoms with E-state index in [1.807, 2.05) is 0 Å². The molecular formula is C38H28O. The van der Waals surface area contributed by atoms with Gasteiger partial charge in [-0.25, -0.2) is 0 Å². The van der Waals surface area contributed by atoms with Crippen molar-refractivity contribution in [3.05, 3.63) is 139 Å². The van der Waals surface area contributed by atoms with Crippen LogP contribution >= 0.6 is 0 Å². The van der Waals surface area contributed by atoms with Gasteiger partial charge in [0.1, 0.15) is 11.2 Å². The molecule has 0 aliphatic rings. The van der Waals surface area contributed by atoms with Crippen molar-refractivity contribution in [1.29, 1.82) is 0 Å². The molecular weight excluding hydrogens is 472 g/mol. The molecule has 0 atom stereocenters. The van der Waals surface area contributed by atoms with Crippen molar-refractivity contribution >= 4 is 49.1 Å².